The SMILES string of the molecule is CCCCCCS(=O)(=O)[C-](C)C.[Li+]. The minimum absolute atomic E-state index is 0. The van der Waals surface area contributed by atoms with E-state index in [0.717, 1.165) is 25.7 Å². The molecule has 74 valence electrons. The fourth-order valence-electron chi connectivity index (χ4n) is 0.923. The maximum atomic E-state index is 11.3. The molecule has 0 bridgehead atoms. The number of rotatable bonds is 6. The molecule has 0 saturated heterocycles. The quantitative estimate of drug-likeness (QED) is 0.329. The normalized spacial score (nSPS) is 11.4. The van der Waals surface area contributed by atoms with Crippen molar-refractivity contribution in [2.24, 2.45) is 0 Å². The summed E-state index contributed by atoms with van der Waals surface area (Å²) in [5, 5.41) is 0.541. The van der Waals surface area contributed by atoms with E-state index in [2.05, 4.69) is 6.92 Å². The third kappa shape index (κ3) is 7.61. The van der Waals surface area contributed by atoms with Gasteiger partial charge in [-0.25, -0.2) is 0 Å². The van der Waals surface area contributed by atoms with E-state index >= 15 is 0 Å². The summed E-state index contributed by atoms with van der Waals surface area (Å²) in [6.45, 7) is 5.44. The first-order valence-electron chi connectivity index (χ1n) is 4.53. The van der Waals surface area contributed by atoms with E-state index in [9.17, 15) is 8.42 Å². The molecule has 0 N–H and O–H groups in total. The molecule has 0 aromatic carbocycles. The van der Waals surface area contributed by atoms with Crippen LogP contribution < -0.4 is 18.9 Å². The van der Waals surface area contributed by atoms with Crippen LogP contribution in [0.25, 0.3) is 0 Å². The molecule has 0 heterocycles. The van der Waals surface area contributed by atoms with Gasteiger partial charge in [-0.05, 0) is 6.42 Å². The van der Waals surface area contributed by atoms with Gasteiger partial charge in [0.15, 0.2) is 0 Å². The van der Waals surface area contributed by atoms with Gasteiger partial charge in [0, 0.05) is 15.6 Å². The average Bonchev–Trinajstić information content (AvgIpc) is 1.98. The van der Waals surface area contributed by atoms with Gasteiger partial charge >= 0.3 is 18.9 Å². The van der Waals surface area contributed by atoms with Gasteiger partial charge < -0.3 is 0 Å². The number of unbranched alkanes of at least 4 members (excludes halogenated alkanes) is 3. The van der Waals surface area contributed by atoms with E-state index in [1.54, 1.807) is 13.8 Å². The molecule has 0 aromatic rings. The van der Waals surface area contributed by atoms with Crippen molar-refractivity contribution in [1.82, 2.24) is 0 Å². The first-order chi connectivity index (χ1) is 5.50. The Bertz CT molecular complexity index is 198. The van der Waals surface area contributed by atoms with E-state index < -0.39 is 9.84 Å². The van der Waals surface area contributed by atoms with Crippen molar-refractivity contribution < 1.29 is 27.3 Å². The van der Waals surface area contributed by atoms with Gasteiger partial charge in [0.25, 0.3) is 0 Å². The first-order valence-corrected chi connectivity index (χ1v) is 6.19. The number of sulfone groups is 1. The molecular weight excluding hydrogens is 179 g/mol. The molecule has 0 spiro atoms. The van der Waals surface area contributed by atoms with Crippen LogP contribution in [0.1, 0.15) is 46.5 Å². The van der Waals surface area contributed by atoms with Crippen LogP contribution in [0.15, 0.2) is 0 Å². The van der Waals surface area contributed by atoms with Crippen LogP contribution in [0, 0.1) is 5.25 Å². The van der Waals surface area contributed by atoms with Crippen molar-refractivity contribution in [3.05, 3.63) is 5.25 Å². The molecular formula is C9H19LiO2S. The van der Waals surface area contributed by atoms with Gasteiger partial charge in [-0.2, -0.15) is 19.1 Å². The van der Waals surface area contributed by atoms with Crippen LogP contribution in [0.2, 0.25) is 0 Å². The fourth-order valence-corrected chi connectivity index (χ4v) is 1.92. The second kappa shape index (κ2) is 7.91. The molecule has 13 heavy (non-hydrogen) atoms. The van der Waals surface area contributed by atoms with E-state index in [-0.39, 0.29) is 18.9 Å². The molecule has 0 saturated carbocycles. The third-order valence-corrected chi connectivity index (χ3v) is 3.96. The standard InChI is InChI=1S/C9H19O2S.Li/c1-4-5-6-7-8-12(10,11)9(2)3;/h4-8H2,1-3H3;/q-1;+1. The molecule has 2 nitrogen and oxygen atoms in total. The summed E-state index contributed by atoms with van der Waals surface area (Å²) >= 11 is 0. The number of hydrogen-bond acceptors (Lipinski definition) is 2. The predicted molar refractivity (Wildman–Crippen MR) is 52.5 cm³/mol. The molecule has 4 heteroatoms. The Balaban J connectivity index is 0. The average molecular weight is 198 g/mol. The molecule has 0 aliphatic heterocycles. The zero-order chi connectivity index (χ0) is 9.61. The van der Waals surface area contributed by atoms with Crippen LogP contribution in [0.5, 0.6) is 0 Å². The van der Waals surface area contributed by atoms with E-state index in [4.69, 9.17) is 0 Å². The van der Waals surface area contributed by atoms with Crippen LogP contribution in [-0.4, -0.2) is 14.2 Å². The second-order valence-corrected chi connectivity index (χ2v) is 5.74. The van der Waals surface area contributed by atoms with Crippen molar-refractivity contribution in [2.45, 2.75) is 46.5 Å². The van der Waals surface area contributed by atoms with Crippen molar-refractivity contribution in [2.75, 3.05) is 5.75 Å². The second-order valence-electron chi connectivity index (χ2n) is 3.29. The molecule has 0 radical (unpaired) electrons. The van der Waals surface area contributed by atoms with Gasteiger partial charge in [-0.1, -0.05) is 26.2 Å². The van der Waals surface area contributed by atoms with Crippen LogP contribution >= 0.6 is 0 Å². The monoisotopic (exact) mass is 198 g/mol. The van der Waals surface area contributed by atoms with E-state index in [0.29, 0.717) is 11.0 Å². The minimum Gasteiger partial charge on any atom is -0.262 e. The van der Waals surface area contributed by atoms with E-state index in [1.807, 2.05) is 0 Å². The minimum atomic E-state index is -2.86. The van der Waals surface area contributed by atoms with Crippen molar-refractivity contribution >= 4 is 9.84 Å². The molecule has 0 unspecified atom stereocenters. The number of hydrogen-bond donors (Lipinski definition) is 0. The van der Waals surface area contributed by atoms with Crippen LogP contribution in [0.3, 0.4) is 0 Å². The molecule has 0 aromatic heterocycles. The summed E-state index contributed by atoms with van der Waals surface area (Å²) in [4.78, 5) is 0. The Morgan fingerprint density at radius 2 is 1.62 bits per heavy atom. The molecule has 0 rings (SSSR count). The smallest absolute Gasteiger partial charge is 0.262 e. The Morgan fingerprint density at radius 3 is 2.00 bits per heavy atom. The van der Waals surface area contributed by atoms with E-state index in [1.165, 1.54) is 0 Å². The van der Waals surface area contributed by atoms with Crippen molar-refractivity contribution in [3.8, 4) is 0 Å². The largest absolute Gasteiger partial charge is 1.00 e. The molecule has 0 atom stereocenters. The molecule has 0 aliphatic carbocycles. The summed E-state index contributed by atoms with van der Waals surface area (Å²) in [5.41, 5.74) is 0. The van der Waals surface area contributed by atoms with Gasteiger partial charge in [0.1, 0.15) is 0 Å². The van der Waals surface area contributed by atoms with Gasteiger partial charge in [0.2, 0.25) is 0 Å². The Kier molecular flexibility index (Phi) is 9.73. The first kappa shape index (κ1) is 16.0. The van der Waals surface area contributed by atoms with Gasteiger partial charge in [0.05, 0.1) is 0 Å². The van der Waals surface area contributed by atoms with Gasteiger partial charge in [-0.3, -0.25) is 8.42 Å². The van der Waals surface area contributed by atoms with Crippen LogP contribution in [0.4, 0.5) is 0 Å². The summed E-state index contributed by atoms with van der Waals surface area (Å²) in [5.74, 6) is 0.329. The summed E-state index contributed by atoms with van der Waals surface area (Å²) in [6, 6.07) is 0. The fraction of sp³-hybridized carbons (Fsp3) is 0.889. The maximum absolute atomic E-state index is 11.3. The topological polar surface area (TPSA) is 34.1 Å². The zero-order valence-corrected chi connectivity index (χ0v) is 10.1. The molecule has 0 amide bonds. The molecule has 0 fully saturated rings. The maximum Gasteiger partial charge on any atom is 1.00 e. The van der Waals surface area contributed by atoms with Gasteiger partial charge in [-0.15, -0.1) is 0 Å². The predicted octanol–water partition coefficient (Wildman–Crippen LogP) is -0.443. The Hall–Kier alpha value is 0.547. The van der Waals surface area contributed by atoms with Crippen molar-refractivity contribution in [3.63, 3.8) is 0 Å². The summed E-state index contributed by atoms with van der Waals surface area (Å²) < 4.78 is 22.5. The summed E-state index contributed by atoms with van der Waals surface area (Å²) in [7, 11) is -2.86. The Labute approximate surface area is 94.6 Å². The molecule has 0 aliphatic rings. The summed E-state index contributed by atoms with van der Waals surface area (Å²) in [6.07, 6.45) is 4.12. The zero-order valence-electron chi connectivity index (χ0n) is 9.26. The third-order valence-electron chi connectivity index (χ3n) is 1.89. The Morgan fingerprint density at radius 1 is 1.08 bits per heavy atom. The van der Waals surface area contributed by atoms with Crippen molar-refractivity contribution in [1.29, 1.82) is 0 Å². The van der Waals surface area contributed by atoms with Crippen LogP contribution in [-0.2, 0) is 9.84 Å².